The predicted octanol–water partition coefficient (Wildman–Crippen LogP) is 0.648. The first kappa shape index (κ1) is 15.7. The van der Waals surface area contributed by atoms with E-state index in [9.17, 15) is 0 Å². The number of hydrogen-bond donors (Lipinski definition) is 0. The molecule has 0 aromatic carbocycles. The maximum Gasteiger partial charge on any atom is 0.373 e. The van der Waals surface area contributed by atoms with Crippen molar-refractivity contribution in [1.82, 2.24) is 0 Å². The van der Waals surface area contributed by atoms with Gasteiger partial charge in [0.15, 0.2) is 0 Å². The summed E-state index contributed by atoms with van der Waals surface area (Å²) >= 11 is 0. The van der Waals surface area contributed by atoms with Gasteiger partial charge in [-0.05, 0) is 0 Å². The summed E-state index contributed by atoms with van der Waals surface area (Å²) in [6.45, 7) is 6.25. The molecule has 0 heterocycles. The number of hydrogen-bond acceptors (Lipinski definition) is 3. The van der Waals surface area contributed by atoms with Gasteiger partial charge in [0.1, 0.15) is 6.79 Å². The molecule has 0 aliphatic rings. The van der Waals surface area contributed by atoms with Crippen molar-refractivity contribution in [2.75, 3.05) is 0 Å². The van der Waals surface area contributed by atoms with Crippen LogP contribution in [0.1, 0.15) is 20.3 Å². The van der Waals surface area contributed by atoms with Crippen LogP contribution in [0.25, 0.3) is 0 Å². The number of carbonyl (C=O) groups is 1. The second-order valence-electron chi connectivity index (χ2n) is 0.790. The van der Waals surface area contributed by atoms with Crippen molar-refractivity contribution in [2.24, 2.45) is 0 Å². The van der Waals surface area contributed by atoms with Gasteiger partial charge in [0.25, 0.3) is 0 Å². The van der Waals surface area contributed by atoms with Crippen LogP contribution in [0.2, 0.25) is 0 Å². The monoisotopic (exact) mass is 118 g/mol. The lowest BCUT2D eigenvalue weighted by Crippen LogP contribution is -1.27. The van der Waals surface area contributed by atoms with E-state index in [-0.39, 0.29) is 6.15 Å². The zero-order chi connectivity index (χ0) is 7.41. The Balaban J connectivity index is -0.0000000483. The maximum atomic E-state index is 8.12. The molecule has 0 atom stereocenters. The van der Waals surface area contributed by atoms with Crippen LogP contribution >= 0.6 is 0 Å². The van der Waals surface area contributed by atoms with Crippen LogP contribution in [-0.2, 0) is 14.4 Å². The molecule has 48 valence electrons. The third-order valence-electron chi connectivity index (χ3n) is 0. The van der Waals surface area contributed by atoms with Crippen molar-refractivity contribution in [3.05, 3.63) is 0 Å². The molecular formula is C5H10O3. The second kappa shape index (κ2) is 140. The molecule has 0 bridgehead atoms. The number of carbonyl (C=O) groups excluding carboxylic acids is 3. The zero-order valence-corrected chi connectivity index (χ0v) is 5.14. The van der Waals surface area contributed by atoms with E-state index in [0.717, 1.165) is 0 Å². The summed E-state index contributed by atoms with van der Waals surface area (Å²) in [5, 5.41) is 0. The Morgan fingerprint density at radius 1 is 1.25 bits per heavy atom. The van der Waals surface area contributed by atoms with E-state index in [1.165, 1.54) is 6.42 Å². The average molecular weight is 118 g/mol. The quantitative estimate of drug-likeness (QED) is 0.469. The molecule has 0 amide bonds. The average Bonchev–Trinajstić information content (AvgIpc) is 1.75. The van der Waals surface area contributed by atoms with E-state index in [0.29, 0.717) is 0 Å². The molecule has 0 radical (unpaired) electrons. The van der Waals surface area contributed by atoms with Crippen LogP contribution in [0.5, 0.6) is 0 Å². The van der Waals surface area contributed by atoms with Gasteiger partial charge in [-0.2, -0.15) is 9.59 Å². The molecule has 3 nitrogen and oxygen atoms in total. The molecule has 0 aromatic heterocycles. The molecule has 8 heavy (non-hydrogen) atoms. The molecule has 0 aliphatic heterocycles. The van der Waals surface area contributed by atoms with E-state index in [1.54, 1.807) is 0 Å². The third-order valence-corrected chi connectivity index (χ3v) is 0. The molecule has 0 aliphatic carbocycles. The van der Waals surface area contributed by atoms with Gasteiger partial charge in [-0.3, -0.25) is 0 Å². The highest BCUT2D eigenvalue weighted by Crippen LogP contribution is 1.56. The molecule has 0 fully saturated rings. The highest BCUT2D eigenvalue weighted by atomic mass is 16.2. The van der Waals surface area contributed by atoms with Gasteiger partial charge < -0.3 is 4.79 Å². The fourth-order valence-corrected chi connectivity index (χ4v) is 0. The van der Waals surface area contributed by atoms with Gasteiger partial charge in [0, 0.05) is 0 Å². The van der Waals surface area contributed by atoms with E-state index in [1.807, 2.05) is 6.79 Å². The number of rotatable bonds is 0. The third kappa shape index (κ3) is 91.8. The molecule has 0 rings (SSSR count). The summed E-state index contributed by atoms with van der Waals surface area (Å²) in [6, 6.07) is 0. The Morgan fingerprint density at radius 2 is 1.25 bits per heavy atom. The fraction of sp³-hybridized carbons (Fsp3) is 0.600. The standard InChI is InChI=1S/C3H8.CO2.CH2O/c1-3-2;2-1-3;1-2/h3H2,1-2H3;;1H2. The Kier molecular flexibility index (Phi) is 275. The van der Waals surface area contributed by atoms with Crippen LogP contribution in [-0.4, -0.2) is 12.9 Å². The van der Waals surface area contributed by atoms with Crippen molar-refractivity contribution >= 4 is 12.9 Å². The van der Waals surface area contributed by atoms with Crippen LogP contribution in [0.15, 0.2) is 0 Å². The summed E-state index contributed by atoms with van der Waals surface area (Å²) in [6.07, 6.45) is 1.50. The van der Waals surface area contributed by atoms with Crippen molar-refractivity contribution in [2.45, 2.75) is 20.3 Å². The highest BCUT2D eigenvalue weighted by molar-refractivity contribution is 5.20. The summed E-state index contributed by atoms with van der Waals surface area (Å²) < 4.78 is 0. The van der Waals surface area contributed by atoms with Crippen molar-refractivity contribution in [3.8, 4) is 0 Å². The van der Waals surface area contributed by atoms with Crippen molar-refractivity contribution < 1.29 is 14.4 Å². The SMILES string of the molecule is C=O.CCC.O=C=O. The molecule has 0 saturated carbocycles. The van der Waals surface area contributed by atoms with E-state index in [4.69, 9.17) is 14.4 Å². The smallest absolute Gasteiger partial charge is 0.307 e. The van der Waals surface area contributed by atoms with Crippen LogP contribution < -0.4 is 0 Å². The van der Waals surface area contributed by atoms with Gasteiger partial charge in [-0.15, -0.1) is 0 Å². The Labute approximate surface area is 48.7 Å². The summed E-state index contributed by atoms with van der Waals surface area (Å²) in [5.74, 6) is 0. The first-order valence-electron chi connectivity index (χ1n) is 2.11. The van der Waals surface area contributed by atoms with Crippen molar-refractivity contribution in [3.63, 3.8) is 0 Å². The molecule has 0 saturated heterocycles. The maximum absolute atomic E-state index is 8.12. The predicted molar refractivity (Wildman–Crippen MR) is 28.1 cm³/mol. The first-order chi connectivity index (χ1) is 3.83. The largest absolute Gasteiger partial charge is 0.373 e. The van der Waals surface area contributed by atoms with Crippen molar-refractivity contribution in [1.29, 1.82) is 0 Å². The molecular weight excluding hydrogens is 108 g/mol. The topological polar surface area (TPSA) is 51.2 Å². The van der Waals surface area contributed by atoms with Crippen LogP contribution in [0.4, 0.5) is 0 Å². The van der Waals surface area contributed by atoms with Gasteiger partial charge in [0.2, 0.25) is 0 Å². The first-order valence-corrected chi connectivity index (χ1v) is 2.11. The normalized spacial score (nSPS) is 3.75. The van der Waals surface area contributed by atoms with Gasteiger partial charge in [-0.25, -0.2) is 0 Å². The van der Waals surface area contributed by atoms with E-state index in [2.05, 4.69) is 13.8 Å². The Bertz CT molecular complexity index is 45.6. The molecule has 0 N–H and O–H groups in total. The Hall–Kier alpha value is -0.950. The van der Waals surface area contributed by atoms with Gasteiger partial charge in [-0.1, -0.05) is 20.3 Å². The zero-order valence-electron chi connectivity index (χ0n) is 5.14. The van der Waals surface area contributed by atoms with E-state index >= 15 is 0 Å². The minimum atomic E-state index is 0.250. The lowest BCUT2D eigenvalue weighted by atomic mass is 10.6. The fourth-order valence-electron chi connectivity index (χ4n) is 0. The molecule has 3 heteroatoms. The highest BCUT2D eigenvalue weighted by Gasteiger charge is 1.35. The lowest BCUT2D eigenvalue weighted by Gasteiger charge is -1.48. The van der Waals surface area contributed by atoms with Gasteiger partial charge >= 0.3 is 6.15 Å². The van der Waals surface area contributed by atoms with Crippen LogP contribution in [0, 0.1) is 0 Å². The summed E-state index contributed by atoms with van der Waals surface area (Å²) in [4.78, 5) is 24.2. The summed E-state index contributed by atoms with van der Waals surface area (Å²) in [5.41, 5.74) is 0. The minimum absolute atomic E-state index is 0.250. The lowest BCUT2D eigenvalue weighted by molar-refractivity contribution is -0.191. The van der Waals surface area contributed by atoms with Gasteiger partial charge in [0.05, 0.1) is 0 Å². The Morgan fingerprint density at radius 3 is 1.25 bits per heavy atom. The molecule has 0 aromatic rings. The summed E-state index contributed by atoms with van der Waals surface area (Å²) in [7, 11) is 0. The second-order valence-corrected chi connectivity index (χ2v) is 0.790. The molecule has 0 spiro atoms. The van der Waals surface area contributed by atoms with Crippen LogP contribution in [0.3, 0.4) is 0 Å². The van der Waals surface area contributed by atoms with E-state index < -0.39 is 0 Å². The minimum Gasteiger partial charge on any atom is -0.307 e. The molecule has 0 unspecified atom stereocenters.